The topological polar surface area (TPSA) is 76.1 Å². The number of ether oxygens (including phenoxy) is 2. The molecule has 27 heavy (non-hydrogen) atoms. The van der Waals surface area contributed by atoms with Gasteiger partial charge in [0.1, 0.15) is 0 Å². The fraction of sp³-hybridized carbons (Fsp3) is 0.238. The van der Waals surface area contributed by atoms with E-state index in [9.17, 15) is 14.7 Å². The van der Waals surface area contributed by atoms with Crippen LogP contribution in [0.5, 0.6) is 11.5 Å². The van der Waals surface area contributed by atoms with Crippen LogP contribution in [0.15, 0.2) is 53.8 Å². The van der Waals surface area contributed by atoms with Crippen LogP contribution in [0.1, 0.15) is 30.5 Å². The molecule has 1 unspecified atom stereocenters. The molecule has 0 saturated carbocycles. The summed E-state index contributed by atoms with van der Waals surface area (Å²) in [6.07, 6.45) is 0.198. The highest BCUT2D eigenvalue weighted by atomic mass is 16.7. The summed E-state index contributed by atoms with van der Waals surface area (Å²) in [6, 6.07) is 12.0. The number of hydrogen-bond acceptors (Lipinski definition) is 5. The Balaban J connectivity index is 1.87. The van der Waals surface area contributed by atoms with Gasteiger partial charge < -0.3 is 14.6 Å². The lowest BCUT2D eigenvalue weighted by Crippen LogP contribution is -2.31. The predicted molar refractivity (Wildman–Crippen MR) is 98.9 cm³/mol. The van der Waals surface area contributed by atoms with E-state index in [0.717, 1.165) is 11.1 Å². The van der Waals surface area contributed by atoms with E-state index in [1.165, 1.54) is 4.90 Å². The molecule has 0 fully saturated rings. The molecule has 138 valence electrons. The number of Topliss-reactive ketones (excluding diaryl/α,β-unsaturated/α-hetero) is 1. The summed E-state index contributed by atoms with van der Waals surface area (Å²) >= 11 is 0. The van der Waals surface area contributed by atoms with Gasteiger partial charge in [0.25, 0.3) is 5.91 Å². The zero-order valence-corrected chi connectivity index (χ0v) is 15.1. The summed E-state index contributed by atoms with van der Waals surface area (Å²) in [5.41, 5.74) is 2.43. The van der Waals surface area contributed by atoms with Crippen molar-refractivity contribution in [2.24, 2.45) is 0 Å². The van der Waals surface area contributed by atoms with Crippen molar-refractivity contribution in [3.8, 4) is 11.5 Å². The van der Waals surface area contributed by atoms with Crippen LogP contribution in [-0.4, -0.2) is 23.6 Å². The van der Waals surface area contributed by atoms with Crippen molar-refractivity contribution < 1.29 is 24.2 Å². The number of amides is 1. The molecule has 4 rings (SSSR count). The zero-order chi connectivity index (χ0) is 19.1. The van der Waals surface area contributed by atoms with Crippen LogP contribution in [-0.2, 0) is 9.59 Å². The molecule has 1 atom stereocenters. The van der Waals surface area contributed by atoms with Crippen LogP contribution >= 0.6 is 0 Å². The lowest BCUT2D eigenvalue weighted by Gasteiger charge is -2.27. The fourth-order valence-corrected chi connectivity index (χ4v) is 3.54. The Morgan fingerprint density at radius 2 is 1.96 bits per heavy atom. The van der Waals surface area contributed by atoms with Crippen molar-refractivity contribution in [3.05, 3.63) is 64.9 Å². The molecule has 0 aromatic heterocycles. The Kier molecular flexibility index (Phi) is 4.11. The second-order valence-electron chi connectivity index (χ2n) is 6.57. The quantitative estimate of drug-likeness (QED) is 0.896. The smallest absolute Gasteiger partial charge is 0.294 e. The average molecular weight is 365 g/mol. The monoisotopic (exact) mass is 365 g/mol. The maximum Gasteiger partial charge on any atom is 0.294 e. The first-order valence-electron chi connectivity index (χ1n) is 8.77. The van der Waals surface area contributed by atoms with E-state index in [0.29, 0.717) is 17.2 Å². The first-order valence-corrected chi connectivity index (χ1v) is 8.77. The third-order valence-electron chi connectivity index (χ3n) is 4.82. The number of anilines is 1. The molecule has 6 heteroatoms. The van der Waals surface area contributed by atoms with Gasteiger partial charge >= 0.3 is 0 Å². The number of hydrogen-bond donors (Lipinski definition) is 1. The molecular weight excluding hydrogens is 346 g/mol. The van der Waals surface area contributed by atoms with E-state index in [-0.39, 0.29) is 24.6 Å². The summed E-state index contributed by atoms with van der Waals surface area (Å²) in [7, 11) is 0. The number of carbonyl (C=O) groups excluding carboxylic acids is 2. The molecule has 1 amide bonds. The highest BCUT2D eigenvalue weighted by molar-refractivity contribution is 6.16. The minimum absolute atomic E-state index is 0.122. The lowest BCUT2D eigenvalue weighted by molar-refractivity contribution is -0.118. The number of fused-ring (bicyclic) bond motifs is 1. The van der Waals surface area contributed by atoms with Crippen LogP contribution in [0.2, 0.25) is 0 Å². The van der Waals surface area contributed by atoms with Gasteiger partial charge in [0.15, 0.2) is 23.0 Å². The standard InChI is InChI=1S/C21H19NO5/c1-3-15(23)18-19(13-6-4-5-12(2)9-13)22(21(25)20(18)24)14-7-8-16-17(10-14)27-11-26-16/h4-10,19,24H,3,11H2,1-2H3. The molecule has 1 N–H and O–H groups in total. The molecule has 0 bridgehead atoms. The van der Waals surface area contributed by atoms with Crippen LogP contribution < -0.4 is 14.4 Å². The molecule has 0 saturated heterocycles. The van der Waals surface area contributed by atoms with Crippen molar-refractivity contribution in [1.29, 1.82) is 0 Å². The van der Waals surface area contributed by atoms with Crippen molar-refractivity contribution in [2.75, 3.05) is 11.7 Å². The molecule has 0 aliphatic carbocycles. The minimum Gasteiger partial charge on any atom is -0.503 e. The second kappa shape index (κ2) is 6.46. The van der Waals surface area contributed by atoms with Gasteiger partial charge in [0, 0.05) is 18.2 Å². The molecule has 2 aromatic rings. The van der Waals surface area contributed by atoms with E-state index in [4.69, 9.17) is 9.47 Å². The minimum atomic E-state index is -0.690. The third-order valence-corrected chi connectivity index (χ3v) is 4.82. The Hall–Kier alpha value is -3.28. The molecule has 2 aromatic carbocycles. The Labute approximate surface area is 156 Å². The highest BCUT2D eigenvalue weighted by Crippen LogP contribution is 2.44. The number of aryl methyl sites for hydroxylation is 1. The van der Waals surface area contributed by atoms with Gasteiger partial charge in [-0.25, -0.2) is 0 Å². The van der Waals surface area contributed by atoms with Gasteiger partial charge in [0.05, 0.1) is 11.6 Å². The molecule has 2 heterocycles. The van der Waals surface area contributed by atoms with Crippen molar-refractivity contribution in [2.45, 2.75) is 26.3 Å². The Morgan fingerprint density at radius 1 is 1.19 bits per heavy atom. The average Bonchev–Trinajstić information content (AvgIpc) is 3.23. The number of aliphatic hydroxyl groups is 1. The molecule has 0 radical (unpaired) electrons. The first-order chi connectivity index (χ1) is 13.0. The van der Waals surface area contributed by atoms with Crippen LogP contribution in [0.4, 0.5) is 5.69 Å². The normalized spacial score (nSPS) is 18.4. The van der Waals surface area contributed by atoms with Gasteiger partial charge in [-0.05, 0) is 24.6 Å². The first kappa shape index (κ1) is 17.1. The summed E-state index contributed by atoms with van der Waals surface area (Å²) in [5, 5.41) is 10.5. The number of aliphatic hydroxyl groups excluding tert-OH is 1. The second-order valence-corrected chi connectivity index (χ2v) is 6.57. The maximum absolute atomic E-state index is 12.9. The van der Waals surface area contributed by atoms with E-state index >= 15 is 0 Å². The van der Waals surface area contributed by atoms with Gasteiger partial charge in [-0.1, -0.05) is 36.8 Å². The van der Waals surface area contributed by atoms with Gasteiger partial charge in [-0.3, -0.25) is 14.5 Å². The lowest BCUT2D eigenvalue weighted by atomic mass is 9.94. The van der Waals surface area contributed by atoms with E-state index in [2.05, 4.69) is 0 Å². The molecule has 0 spiro atoms. The Morgan fingerprint density at radius 3 is 2.70 bits per heavy atom. The molecule has 6 nitrogen and oxygen atoms in total. The van der Waals surface area contributed by atoms with Crippen molar-refractivity contribution in [3.63, 3.8) is 0 Å². The molecular formula is C21H19NO5. The predicted octanol–water partition coefficient (Wildman–Crippen LogP) is 3.60. The van der Waals surface area contributed by atoms with Gasteiger partial charge in [-0.2, -0.15) is 0 Å². The van der Waals surface area contributed by atoms with E-state index in [1.807, 2.05) is 31.2 Å². The van der Waals surface area contributed by atoms with Gasteiger partial charge in [-0.15, -0.1) is 0 Å². The number of nitrogens with zero attached hydrogens (tertiary/aromatic N) is 1. The number of benzene rings is 2. The number of rotatable bonds is 4. The summed E-state index contributed by atoms with van der Waals surface area (Å²) in [6.45, 7) is 3.77. The highest BCUT2D eigenvalue weighted by Gasteiger charge is 2.44. The van der Waals surface area contributed by atoms with Crippen molar-refractivity contribution >= 4 is 17.4 Å². The largest absolute Gasteiger partial charge is 0.503 e. The van der Waals surface area contributed by atoms with Crippen molar-refractivity contribution in [1.82, 2.24) is 0 Å². The SMILES string of the molecule is CCC(=O)C1=C(O)C(=O)N(c2ccc3c(c2)OCO3)C1c1cccc(C)c1. The van der Waals surface area contributed by atoms with Crippen LogP contribution in [0.25, 0.3) is 0 Å². The van der Waals surface area contributed by atoms with Crippen LogP contribution in [0, 0.1) is 6.92 Å². The number of carbonyl (C=O) groups is 2. The zero-order valence-electron chi connectivity index (χ0n) is 15.1. The molecule has 2 aliphatic heterocycles. The third kappa shape index (κ3) is 2.73. The van der Waals surface area contributed by atoms with E-state index in [1.54, 1.807) is 25.1 Å². The Bertz CT molecular complexity index is 978. The fourth-order valence-electron chi connectivity index (χ4n) is 3.54. The summed E-state index contributed by atoms with van der Waals surface area (Å²) in [5.74, 6) is -0.226. The maximum atomic E-state index is 12.9. The molecule has 2 aliphatic rings. The summed E-state index contributed by atoms with van der Waals surface area (Å²) in [4.78, 5) is 26.9. The van der Waals surface area contributed by atoms with E-state index < -0.39 is 17.7 Å². The van der Waals surface area contributed by atoms with Gasteiger partial charge in [0.2, 0.25) is 6.79 Å². The number of ketones is 1. The van der Waals surface area contributed by atoms with Crippen LogP contribution in [0.3, 0.4) is 0 Å². The summed E-state index contributed by atoms with van der Waals surface area (Å²) < 4.78 is 10.7.